The largest absolute Gasteiger partial charge is 0.481 e. The van der Waals surface area contributed by atoms with Crippen molar-refractivity contribution in [1.29, 1.82) is 0 Å². The van der Waals surface area contributed by atoms with Crippen molar-refractivity contribution in [3.05, 3.63) is 16.1 Å². The monoisotopic (exact) mass is 299 g/mol. The number of nitrogens with zero attached hydrogens (tertiary/aromatic N) is 1. The van der Waals surface area contributed by atoms with Gasteiger partial charge in [0.2, 0.25) is 0 Å². The van der Waals surface area contributed by atoms with Gasteiger partial charge in [0.15, 0.2) is 0 Å². The Labute approximate surface area is 122 Å². The summed E-state index contributed by atoms with van der Waals surface area (Å²) >= 11 is 1.32. The normalized spacial score (nSPS) is 13.0. The molecule has 7 heteroatoms. The van der Waals surface area contributed by atoms with Crippen molar-refractivity contribution in [2.24, 2.45) is 17.1 Å². The van der Waals surface area contributed by atoms with Gasteiger partial charge in [0.1, 0.15) is 10.7 Å². The molecule has 1 aromatic rings. The van der Waals surface area contributed by atoms with Crippen LogP contribution in [0.2, 0.25) is 0 Å². The van der Waals surface area contributed by atoms with Crippen molar-refractivity contribution in [2.75, 3.05) is 6.54 Å². The number of nitrogens with one attached hydrogen (secondary N) is 1. The van der Waals surface area contributed by atoms with Crippen LogP contribution in [0.5, 0.6) is 0 Å². The van der Waals surface area contributed by atoms with E-state index in [2.05, 4.69) is 10.3 Å². The fraction of sp³-hybridized carbons (Fsp3) is 0.615. The molecule has 1 amide bonds. The summed E-state index contributed by atoms with van der Waals surface area (Å²) in [5.74, 6) is -1.87. The zero-order valence-corrected chi connectivity index (χ0v) is 12.8. The lowest BCUT2D eigenvalue weighted by Gasteiger charge is -2.23. The second-order valence-electron chi connectivity index (χ2n) is 5.84. The van der Waals surface area contributed by atoms with Crippen LogP contribution in [0.3, 0.4) is 0 Å². The van der Waals surface area contributed by atoms with Gasteiger partial charge in [-0.3, -0.25) is 9.59 Å². The molecule has 0 spiro atoms. The van der Waals surface area contributed by atoms with Gasteiger partial charge in [0, 0.05) is 18.5 Å². The maximum Gasteiger partial charge on any atom is 0.308 e. The van der Waals surface area contributed by atoms with E-state index in [1.54, 1.807) is 5.38 Å². The van der Waals surface area contributed by atoms with Crippen LogP contribution in [0.4, 0.5) is 0 Å². The van der Waals surface area contributed by atoms with Gasteiger partial charge in [-0.05, 0) is 11.8 Å². The van der Waals surface area contributed by atoms with Gasteiger partial charge in [-0.15, -0.1) is 11.3 Å². The van der Waals surface area contributed by atoms with E-state index in [0.29, 0.717) is 18.0 Å². The minimum Gasteiger partial charge on any atom is -0.481 e. The van der Waals surface area contributed by atoms with Crippen LogP contribution in [-0.2, 0) is 11.3 Å². The molecule has 0 saturated heterocycles. The number of nitrogens with two attached hydrogens (primary N) is 1. The van der Waals surface area contributed by atoms with E-state index >= 15 is 0 Å². The Balaban J connectivity index is 2.59. The first-order valence-corrected chi connectivity index (χ1v) is 7.26. The van der Waals surface area contributed by atoms with Crippen LogP contribution in [-0.4, -0.2) is 28.5 Å². The molecule has 0 saturated carbocycles. The summed E-state index contributed by atoms with van der Waals surface area (Å²) in [6, 6.07) is 0. The number of hydrogen-bond acceptors (Lipinski definition) is 5. The number of hydrogen-bond donors (Lipinski definition) is 3. The summed E-state index contributed by atoms with van der Waals surface area (Å²) in [5, 5.41) is 14.1. The number of rotatable bonds is 6. The Morgan fingerprint density at radius 2 is 2.15 bits per heavy atom. The van der Waals surface area contributed by atoms with Crippen molar-refractivity contribution in [1.82, 2.24) is 10.3 Å². The van der Waals surface area contributed by atoms with Crippen LogP contribution < -0.4 is 11.1 Å². The van der Waals surface area contributed by atoms with Gasteiger partial charge in [0.25, 0.3) is 5.91 Å². The quantitative estimate of drug-likeness (QED) is 0.737. The highest BCUT2D eigenvalue weighted by atomic mass is 32.1. The van der Waals surface area contributed by atoms with Crippen molar-refractivity contribution in [2.45, 2.75) is 33.7 Å². The standard InChI is InChI=1S/C13H21N3O3S/c1-13(2,3)4-8(12(18)19)6-15-11(17)9-7-20-10(5-14)16-9/h7-8H,4-6,14H2,1-3H3,(H,15,17)(H,18,19). The molecular formula is C13H21N3O3S. The van der Waals surface area contributed by atoms with E-state index in [1.807, 2.05) is 20.8 Å². The van der Waals surface area contributed by atoms with Gasteiger partial charge in [-0.1, -0.05) is 20.8 Å². The molecule has 1 rings (SSSR count). The number of carboxylic acid groups (broad SMARTS) is 1. The smallest absolute Gasteiger partial charge is 0.308 e. The number of aromatic nitrogens is 1. The molecule has 4 N–H and O–H groups in total. The average Bonchev–Trinajstić information content (AvgIpc) is 2.81. The third kappa shape index (κ3) is 5.26. The van der Waals surface area contributed by atoms with E-state index < -0.39 is 11.9 Å². The highest BCUT2D eigenvalue weighted by Gasteiger charge is 2.25. The summed E-state index contributed by atoms with van der Waals surface area (Å²) in [5.41, 5.74) is 5.61. The molecule has 1 heterocycles. The highest BCUT2D eigenvalue weighted by Crippen LogP contribution is 2.24. The SMILES string of the molecule is CC(C)(C)CC(CNC(=O)c1csc(CN)n1)C(=O)O. The van der Waals surface area contributed by atoms with E-state index in [9.17, 15) is 14.7 Å². The van der Waals surface area contributed by atoms with Gasteiger partial charge >= 0.3 is 5.97 Å². The second-order valence-corrected chi connectivity index (χ2v) is 6.78. The number of amides is 1. The van der Waals surface area contributed by atoms with Crippen LogP contribution in [0.1, 0.15) is 42.7 Å². The molecule has 1 aromatic heterocycles. The number of aliphatic carboxylic acids is 1. The molecule has 1 atom stereocenters. The van der Waals surface area contributed by atoms with Crippen molar-refractivity contribution >= 4 is 23.2 Å². The molecule has 1 unspecified atom stereocenters. The molecule has 112 valence electrons. The minimum atomic E-state index is -0.902. The summed E-state index contributed by atoms with van der Waals surface area (Å²) in [7, 11) is 0. The van der Waals surface area contributed by atoms with Gasteiger partial charge < -0.3 is 16.2 Å². The van der Waals surface area contributed by atoms with Crippen LogP contribution in [0.15, 0.2) is 5.38 Å². The average molecular weight is 299 g/mol. The number of thiazole rings is 1. The Kier molecular flexibility index (Phi) is 5.64. The molecule has 0 fully saturated rings. The Bertz CT molecular complexity index is 479. The molecule has 0 aromatic carbocycles. The second kappa shape index (κ2) is 6.81. The van der Waals surface area contributed by atoms with Crippen molar-refractivity contribution in [3.63, 3.8) is 0 Å². The zero-order chi connectivity index (χ0) is 15.3. The topological polar surface area (TPSA) is 105 Å². The van der Waals surface area contributed by atoms with E-state index in [4.69, 9.17) is 5.73 Å². The Hall–Kier alpha value is -1.47. The summed E-state index contributed by atoms with van der Waals surface area (Å²) in [4.78, 5) is 27.1. The highest BCUT2D eigenvalue weighted by molar-refractivity contribution is 7.09. The Morgan fingerprint density at radius 3 is 2.60 bits per heavy atom. The first-order valence-electron chi connectivity index (χ1n) is 6.38. The van der Waals surface area contributed by atoms with Crippen LogP contribution in [0, 0.1) is 11.3 Å². The summed E-state index contributed by atoms with van der Waals surface area (Å²) in [6.07, 6.45) is 0.494. The summed E-state index contributed by atoms with van der Waals surface area (Å²) in [6.45, 7) is 6.30. The summed E-state index contributed by atoms with van der Waals surface area (Å²) < 4.78 is 0. The molecule has 0 bridgehead atoms. The Morgan fingerprint density at radius 1 is 1.50 bits per heavy atom. The third-order valence-corrected chi connectivity index (χ3v) is 3.55. The first kappa shape index (κ1) is 16.6. The lowest BCUT2D eigenvalue weighted by atomic mass is 9.84. The van der Waals surface area contributed by atoms with E-state index in [-0.39, 0.29) is 23.6 Å². The first-order chi connectivity index (χ1) is 9.23. The van der Waals surface area contributed by atoms with Crippen LogP contribution >= 0.6 is 11.3 Å². The molecule has 6 nitrogen and oxygen atoms in total. The predicted molar refractivity (Wildman–Crippen MR) is 77.5 cm³/mol. The van der Waals surface area contributed by atoms with Crippen molar-refractivity contribution < 1.29 is 14.7 Å². The molecule has 0 aliphatic rings. The molecule has 0 aliphatic carbocycles. The fourth-order valence-electron chi connectivity index (χ4n) is 1.80. The molecular weight excluding hydrogens is 278 g/mol. The fourth-order valence-corrected chi connectivity index (χ4v) is 2.46. The maximum absolute atomic E-state index is 11.9. The number of carbonyl (C=O) groups is 2. The number of carboxylic acids is 1. The molecule has 20 heavy (non-hydrogen) atoms. The number of carbonyl (C=O) groups excluding carboxylic acids is 1. The minimum absolute atomic E-state index is 0.0981. The predicted octanol–water partition coefficient (Wildman–Crippen LogP) is 1.47. The van der Waals surface area contributed by atoms with E-state index in [1.165, 1.54) is 11.3 Å². The maximum atomic E-state index is 11.9. The lowest BCUT2D eigenvalue weighted by Crippen LogP contribution is -2.35. The zero-order valence-electron chi connectivity index (χ0n) is 12.0. The molecule has 0 radical (unpaired) electrons. The molecule has 0 aliphatic heterocycles. The van der Waals surface area contributed by atoms with E-state index in [0.717, 1.165) is 0 Å². The lowest BCUT2D eigenvalue weighted by molar-refractivity contribution is -0.142. The van der Waals surface area contributed by atoms with Gasteiger partial charge in [-0.25, -0.2) is 4.98 Å². The van der Waals surface area contributed by atoms with Crippen molar-refractivity contribution in [3.8, 4) is 0 Å². The van der Waals surface area contributed by atoms with Gasteiger partial charge in [-0.2, -0.15) is 0 Å². The van der Waals surface area contributed by atoms with Crippen LogP contribution in [0.25, 0.3) is 0 Å². The third-order valence-electron chi connectivity index (χ3n) is 2.68. The van der Waals surface area contributed by atoms with Gasteiger partial charge in [0.05, 0.1) is 5.92 Å².